The number of anilines is 1. The smallest absolute Gasteiger partial charge is 0.259 e. The Labute approximate surface area is 185 Å². The molecule has 0 aliphatic carbocycles. The number of carbonyl (C=O) groups is 1. The van der Waals surface area contributed by atoms with E-state index in [9.17, 15) is 4.79 Å². The Morgan fingerprint density at radius 3 is 2.66 bits per heavy atom. The molecule has 3 aromatic heterocycles. The lowest BCUT2D eigenvalue weighted by molar-refractivity contribution is 0.0675. The summed E-state index contributed by atoms with van der Waals surface area (Å²) in [5, 5.41) is 7.97. The maximum atomic E-state index is 13.5. The summed E-state index contributed by atoms with van der Waals surface area (Å²) in [7, 11) is 0. The van der Waals surface area contributed by atoms with Gasteiger partial charge in [0.1, 0.15) is 17.0 Å². The summed E-state index contributed by atoms with van der Waals surface area (Å²) in [4.78, 5) is 19.5. The predicted molar refractivity (Wildman–Crippen MR) is 121 cm³/mol. The van der Waals surface area contributed by atoms with Crippen LogP contribution in [-0.2, 0) is 5.54 Å². The molecule has 7 nitrogen and oxygen atoms in total. The standard InChI is InChI=1S/C25H23N5O2/c1-17-22(23(28-32-17)18-8-12-26-13-9-18)24(31)29-15-10-25(11-16-29)21-7-4-14-30(21)20-6-3-2-5-19(20)27-25/h2-9,12-14,27H,10-11,15-16H2,1H3. The van der Waals surface area contributed by atoms with Gasteiger partial charge in [0.15, 0.2) is 0 Å². The molecule has 5 heterocycles. The zero-order valence-corrected chi connectivity index (χ0v) is 17.8. The number of aryl methyl sites for hydroxylation is 1. The van der Waals surface area contributed by atoms with Gasteiger partial charge in [-0.25, -0.2) is 0 Å². The molecule has 7 heteroatoms. The summed E-state index contributed by atoms with van der Waals surface area (Å²) in [5.41, 5.74) is 5.31. The molecule has 1 spiro atoms. The lowest BCUT2D eigenvalue weighted by atomic mass is 9.82. The molecule has 6 rings (SSSR count). The Morgan fingerprint density at radius 1 is 1.06 bits per heavy atom. The fourth-order valence-corrected chi connectivity index (χ4v) is 5.05. The van der Waals surface area contributed by atoms with Crippen molar-refractivity contribution in [2.45, 2.75) is 25.3 Å². The number of nitrogens with zero attached hydrogens (tertiary/aromatic N) is 4. The average Bonchev–Trinajstić information content (AvgIpc) is 3.48. The van der Waals surface area contributed by atoms with Crippen molar-refractivity contribution in [3.05, 3.63) is 84.1 Å². The van der Waals surface area contributed by atoms with Crippen LogP contribution < -0.4 is 5.32 Å². The Kier molecular flexibility index (Phi) is 4.18. The van der Waals surface area contributed by atoms with Gasteiger partial charge in [0.25, 0.3) is 5.91 Å². The third-order valence-corrected chi connectivity index (χ3v) is 6.71. The molecule has 2 aliphatic rings. The van der Waals surface area contributed by atoms with E-state index < -0.39 is 0 Å². The van der Waals surface area contributed by atoms with Crippen molar-refractivity contribution >= 4 is 11.6 Å². The van der Waals surface area contributed by atoms with Crippen LogP contribution in [-0.4, -0.2) is 38.6 Å². The van der Waals surface area contributed by atoms with Gasteiger partial charge in [-0.3, -0.25) is 9.78 Å². The number of benzene rings is 1. The first-order valence-corrected chi connectivity index (χ1v) is 10.9. The number of amides is 1. The van der Waals surface area contributed by atoms with Crippen LogP contribution in [0.3, 0.4) is 0 Å². The molecule has 4 aromatic rings. The summed E-state index contributed by atoms with van der Waals surface area (Å²) in [5.74, 6) is 0.512. The van der Waals surface area contributed by atoms with Crippen LogP contribution in [0.25, 0.3) is 16.9 Å². The largest absolute Gasteiger partial charge is 0.372 e. The molecule has 0 unspecified atom stereocenters. The van der Waals surface area contributed by atoms with E-state index in [1.165, 1.54) is 11.4 Å². The Hall–Kier alpha value is -3.87. The highest BCUT2D eigenvalue weighted by Gasteiger charge is 2.43. The monoisotopic (exact) mass is 425 g/mol. The minimum absolute atomic E-state index is 0.0306. The summed E-state index contributed by atoms with van der Waals surface area (Å²) in [6.45, 7) is 3.10. The molecule has 2 aliphatic heterocycles. The lowest BCUT2D eigenvalue weighted by Gasteiger charge is -2.46. The fourth-order valence-electron chi connectivity index (χ4n) is 5.05. The normalized spacial score (nSPS) is 16.3. The van der Waals surface area contributed by atoms with E-state index in [1.54, 1.807) is 19.3 Å². The van der Waals surface area contributed by atoms with Gasteiger partial charge >= 0.3 is 0 Å². The molecule has 0 saturated carbocycles. The lowest BCUT2D eigenvalue weighted by Crippen LogP contribution is -2.51. The number of likely N-dealkylation sites (tertiary alicyclic amines) is 1. The minimum atomic E-state index is -0.188. The van der Waals surface area contributed by atoms with Crippen LogP contribution in [0.15, 0.2) is 71.6 Å². The number of hydrogen-bond acceptors (Lipinski definition) is 5. The van der Waals surface area contributed by atoms with Crippen LogP contribution >= 0.6 is 0 Å². The number of rotatable bonds is 2. The molecule has 1 amide bonds. The van der Waals surface area contributed by atoms with Gasteiger partial charge < -0.3 is 19.3 Å². The number of nitrogens with one attached hydrogen (secondary N) is 1. The SMILES string of the molecule is Cc1onc(-c2ccncc2)c1C(=O)N1CCC2(CC1)Nc1ccccc1-n1cccc12. The first kappa shape index (κ1) is 18.9. The summed E-state index contributed by atoms with van der Waals surface area (Å²) < 4.78 is 7.69. The van der Waals surface area contributed by atoms with Gasteiger partial charge in [0.05, 0.1) is 16.9 Å². The molecule has 1 saturated heterocycles. The Balaban J connectivity index is 1.28. The highest BCUT2D eigenvalue weighted by molar-refractivity contribution is 6.00. The van der Waals surface area contributed by atoms with Crippen LogP contribution in [0, 0.1) is 6.92 Å². The van der Waals surface area contributed by atoms with Crippen LogP contribution in [0.2, 0.25) is 0 Å². The van der Waals surface area contributed by atoms with Crippen molar-refractivity contribution in [2.75, 3.05) is 18.4 Å². The maximum Gasteiger partial charge on any atom is 0.259 e. The fraction of sp³-hybridized carbons (Fsp3) is 0.240. The number of carbonyl (C=O) groups excluding carboxylic acids is 1. The quantitative estimate of drug-likeness (QED) is 0.515. The number of aromatic nitrogens is 3. The van der Waals surface area contributed by atoms with Crippen molar-refractivity contribution in [3.8, 4) is 16.9 Å². The van der Waals surface area contributed by atoms with E-state index in [2.05, 4.69) is 62.6 Å². The number of para-hydroxylation sites is 2. The highest BCUT2D eigenvalue weighted by Crippen LogP contribution is 2.43. The molecular formula is C25H23N5O2. The number of hydrogen-bond donors (Lipinski definition) is 1. The number of fused-ring (bicyclic) bond motifs is 4. The van der Waals surface area contributed by atoms with E-state index in [4.69, 9.17) is 4.52 Å². The zero-order valence-electron chi connectivity index (χ0n) is 17.8. The highest BCUT2D eigenvalue weighted by atomic mass is 16.5. The van der Waals surface area contributed by atoms with E-state index in [0.717, 1.165) is 24.1 Å². The van der Waals surface area contributed by atoms with Crippen molar-refractivity contribution in [2.24, 2.45) is 0 Å². The molecule has 160 valence electrons. The van der Waals surface area contributed by atoms with Gasteiger partial charge in [-0.15, -0.1) is 0 Å². The maximum absolute atomic E-state index is 13.5. The average molecular weight is 425 g/mol. The molecule has 1 fully saturated rings. The minimum Gasteiger partial charge on any atom is -0.372 e. The molecular weight excluding hydrogens is 402 g/mol. The number of piperidine rings is 1. The second kappa shape index (κ2) is 7.09. The molecule has 0 radical (unpaired) electrons. The van der Waals surface area contributed by atoms with Crippen molar-refractivity contribution in [1.29, 1.82) is 0 Å². The molecule has 32 heavy (non-hydrogen) atoms. The van der Waals surface area contributed by atoms with E-state index in [-0.39, 0.29) is 11.4 Å². The van der Waals surface area contributed by atoms with Gasteiger partial charge in [-0.05, 0) is 56.2 Å². The topological polar surface area (TPSA) is 76.2 Å². The summed E-state index contributed by atoms with van der Waals surface area (Å²) in [6.07, 6.45) is 7.16. The third-order valence-electron chi connectivity index (χ3n) is 6.71. The van der Waals surface area contributed by atoms with Gasteiger partial charge in [0.2, 0.25) is 0 Å². The Bertz CT molecular complexity index is 1300. The molecule has 1 aromatic carbocycles. The van der Waals surface area contributed by atoms with Crippen LogP contribution in [0.4, 0.5) is 5.69 Å². The second-order valence-corrected chi connectivity index (χ2v) is 8.48. The van der Waals surface area contributed by atoms with Crippen molar-refractivity contribution in [3.63, 3.8) is 0 Å². The zero-order chi connectivity index (χ0) is 21.7. The number of pyridine rings is 1. The first-order chi connectivity index (χ1) is 15.7. The van der Waals surface area contributed by atoms with Gasteiger partial charge in [0, 0.05) is 42.9 Å². The summed E-state index contributed by atoms with van der Waals surface area (Å²) in [6, 6.07) is 16.3. The van der Waals surface area contributed by atoms with Gasteiger partial charge in [-0.2, -0.15) is 0 Å². The molecule has 0 bridgehead atoms. The molecule has 1 N–H and O–H groups in total. The summed E-state index contributed by atoms with van der Waals surface area (Å²) >= 11 is 0. The van der Waals surface area contributed by atoms with Crippen LogP contribution in [0.5, 0.6) is 0 Å². The third kappa shape index (κ3) is 2.77. The van der Waals surface area contributed by atoms with Crippen LogP contribution in [0.1, 0.15) is 34.7 Å². The van der Waals surface area contributed by atoms with Crippen molar-refractivity contribution in [1.82, 2.24) is 19.6 Å². The molecule has 0 atom stereocenters. The van der Waals surface area contributed by atoms with E-state index in [0.29, 0.717) is 30.1 Å². The second-order valence-electron chi connectivity index (χ2n) is 8.48. The van der Waals surface area contributed by atoms with E-state index in [1.807, 2.05) is 17.0 Å². The predicted octanol–water partition coefficient (Wildman–Crippen LogP) is 4.39. The Morgan fingerprint density at radius 2 is 1.84 bits per heavy atom. The van der Waals surface area contributed by atoms with E-state index >= 15 is 0 Å². The van der Waals surface area contributed by atoms with Gasteiger partial charge in [-0.1, -0.05) is 17.3 Å². The first-order valence-electron chi connectivity index (χ1n) is 10.9. The van der Waals surface area contributed by atoms with Crippen molar-refractivity contribution < 1.29 is 9.32 Å².